The third kappa shape index (κ3) is 2.00. The highest BCUT2D eigenvalue weighted by Crippen LogP contribution is 2.42. The standard InChI is InChI=1S/C13H19NS/c1-4-9-13(2,3)14-10-15-12-8-6-5-7-11(12)14/h5-8H,4,9-10H2,1-3H3. The van der Waals surface area contributed by atoms with E-state index in [0.717, 1.165) is 5.88 Å². The number of hydrogen-bond donors (Lipinski definition) is 0. The monoisotopic (exact) mass is 221 g/mol. The van der Waals surface area contributed by atoms with Crippen molar-refractivity contribution >= 4 is 17.4 Å². The van der Waals surface area contributed by atoms with Gasteiger partial charge in [-0.25, -0.2) is 0 Å². The van der Waals surface area contributed by atoms with Crippen molar-refractivity contribution < 1.29 is 0 Å². The number of nitrogens with zero attached hydrogens (tertiary/aromatic N) is 1. The zero-order valence-electron chi connectivity index (χ0n) is 9.79. The molecule has 1 aliphatic rings. The van der Waals surface area contributed by atoms with Crippen LogP contribution in [0, 0.1) is 0 Å². The maximum atomic E-state index is 2.54. The number of fused-ring (bicyclic) bond motifs is 1. The van der Waals surface area contributed by atoms with Crippen LogP contribution in [-0.4, -0.2) is 11.4 Å². The van der Waals surface area contributed by atoms with Crippen LogP contribution in [0.2, 0.25) is 0 Å². The Morgan fingerprint density at radius 3 is 2.80 bits per heavy atom. The summed E-state index contributed by atoms with van der Waals surface area (Å²) in [6.07, 6.45) is 2.50. The van der Waals surface area contributed by atoms with Crippen LogP contribution in [0.3, 0.4) is 0 Å². The average Bonchev–Trinajstić information content (AvgIpc) is 2.61. The Labute approximate surface area is 96.9 Å². The second kappa shape index (κ2) is 4.09. The van der Waals surface area contributed by atoms with E-state index >= 15 is 0 Å². The molecule has 0 amide bonds. The number of anilines is 1. The maximum Gasteiger partial charge on any atom is 0.0692 e. The first kappa shape index (κ1) is 10.9. The van der Waals surface area contributed by atoms with Crippen LogP contribution in [0.1, 0.15) is 33.6 Å². The summed E-state index contributed by atoms with van der Waals surface area (Å²) in [4.78, 5) is 3.97. The Morgan fingerprint density at radius 2 is 2.07 bits per heavy atom. The summed E-state index contributed by atoms with van der Waals surface area (Å²) < 4.78 is 0. The van der Waals surface area contributed by atoms with E-state index in [0.29, 0.717) is 0 Å². The fourth-order valence-electron chi connectivity index (χ4n) is 2.25. The molecule has 2 rings (SSSR count). The normalized spacial score (nSPS) is 15.5. The van der Waals surface area contributed by atoms with Crippen LogP contribution in [-0.2, 0) is 0 Å². The summed E-state index contributed by atoms with van der Waals surface area (Å²) in [7, 11) is 0. The van der Waals surface area contributed by atoms with E-state index in [9.17, 15) is 0 Å². The van der Waals surface area contributed by atoms with E-state index < -0.39 is 0 Å². The average molecular weight is 221 g/mol. The van der Waals surface area contributed by atoms with Crippen LogP contribution >= 0.6 is 11.8 Å². The van der Waals surface area contributed by atoms with Gasteiger partial charge in [0.15, 0.2) is 0 Å². The highest BCUT2D eigenvalue weighted by molar-refractivity contribution is 7.99. The van der Waals surface area contributed by atoms with E-state index in [-0.39, 0.29) is 5.54 Å². The Morgan fingerprint density at radius 1 is 1.33 bits per heavy atom. The first-order chi connectivity index (χ1) is 7.15. The molecule has 2 heteroatoms. The fourth-order valence-corrected chi connectivity index (χ4v) is 3.51. The fraction of sp³-hybridized carbons (Fsp3) is 0.538. The second-order valence-electron chi connectivity index (χ2n) is 4.73. The highest BCUT2D eigenvalue weighted by Gasteiger charge is 2.31. The SMILES string of the molecule is CCCC(C)(C)N1CSc2ccccc21. The molecule has 1 heterocycles. The third-order valence-electron chi connectivity index (χ3n) is 3.10. The first-order valence-electron chi connectivity index (χ1n) is 5.64. The Hall–Kier alpha value is -0.630. The molecule has 0 bridgehead atoms. The van der Waals surface area contributed by atoms with Crippen molar-refractivity contribution in [2.45, 2.75) is 44.0 Å². The molecule has 15 heavy (non-hydrogen) atoms. The molecule has 0 spiro atoms. The molecular weight excluding hydrogens is 202 g/mol. The molecule has 0 atom stereocenters. The van der Waals surface area contributed by atoms with Gasteiger partial charge >= 0.3 is 0 Å². The zero-order valence-corrected chi connectivity index (χ0v) is 10.6. The molecule has 1 nitrogen and oxygen atoms in total. The van der Waals surface area contributed by atoms with Gasteiger partial charge in [-0.3, -0.25) is 0 Å². The smallest absolute Gasteiger partial charge is 0.0692 e. The molecule has 0 N–H and O–H groups in total. The van der Waals surface area contributed by atoms with Crippen LogP contribution in [0.25, 0.3) is 0 Å². The third-order valence-corrected chi connectivity index (χ3v) is 4.14. The highest BCUT2D eigenvalue weighted by atomic mass is 32.2. The van der Waals surface area contributed by atoms with Crippen LogP contribution in [0.5, 0.6) is 0 Å². The quantitative estimate of drug-likeness (QED) is 0.755. The summed E-state index contributed by atoms with van der Waals surface area (Å²) in [5, 5.41) is 0. The lowest BCUT2D eigenvalue weighted by Crippen LogP contribution is -2.42. The van der Waals surface area contributed by atoms with Crippen molar-refractivity contribution in [3.05, 3.63) is 24.3 Å². The molecule has 0 fully saturated rings. The predicted octanol–water partition coefficient (Wildman–Crippen LogP) is 4.13. The van der Waals surface area contributed by atoms with Crippen LogP contribution in [0.15, 0.2) is 29.2 Å². The molecule has 1 aromatic carbocycles. The first-order valence-corrected chi connectivity index (χ1v) is 6.63. The van der Waals surface area contributed by atoms with Crippen molar-refractivity contribution in [3.63, 3.8) is 0 Å². The van der Waals surface area contributed by atoms with Gasteiger partial charge < -0.3 is 4.90 Å². The van der Waals surface area contributed by atoms with E-state index in [1.54, 1.807) is 0 Å². The molecule has 0 saturated carbocycles. The molecule has 0 radical (unpaired) electrons. The van der Waals surface area contributed by atoms with Gasteiger partial charge in [0.25, 0.3) is 0 Å². The van der Waals surface area contributed by atoms with Crippen molar-refractivity contribution in [1.82, 2.24) is 0 Å². The lowest BCUT2D eigenvalue weighted by molar-refractivity contribution is 0.441. The number of rotatable bonds is 3. The minimum absolute atomic E-state index is 0.286. The number of benzene rings is 1. The van der Waals surface area contributed by atoms with Crippen molar-refractivity contribution in [2.24, 2.45) is 0 Å². The van der Waals surface area contributed by atoms with E-state index in [1.807, 2.05) is 11.8 Å². The topological polar surface area (TPSA) is 3.24 Å². The predicted molar refractivity (Wildman–Crippen MR) is 68.6 cm³/mol. The van der Waals surface area contributed by atoms with Crippen LogP contribution < -0.4 is 4.90 Å². The van der Waals surface area contributed by atoms with Gasteiger partial charge in [-0.1, -0.05) is 25.5 Å². The summed E-state index contributed by atoms with van der Waals surface area (Å²) in [6.45, 7) is 6.95. The summed E-state index contributed by atoms with van der Waals surface area (Å²) in [5.41, 5.74) is 1.70. The molecule has 82 valence electrons. The zero-order chi connectivity index (χ0) is 10.9. The maximum absolute atomic E-state index is 2.54. The second-order valence-corrected chi connectivity index (χ2v) is 5.72. The molecule has 0 saturated heterocycles. The van der Waals surface area contributed by atoms with Gasteiger partial charge in [0.05, 0.1) is 11.6 Å². The Bertz CT molecular complexity index is 346. The minimum Gasteiger partial charge on any atom is -0.356 e. The Kier molecular flexibility index (Phi) is 2.96. The number of hydrogen-bond acceptors (Lipinski definition) is 2. The summed E-state index contributed by atoms with van der Waals surface area (Å²) >= 11 is 1.95. The molecule has 0 aliphatic carbocycles. The van der Waals surface area contributed by atoms with Gasteiger partial charge in [-0.2, -0.15) is 0 Å². The van der Waals surface area contributed by atoms with E-state index in [2.05, 4.69) is 49.9 Å². The molecule has 1 aromatic rings. The van der Waals surface area contributed by atoms with Gasteiger partial charge in [-0.15, -0.1) is 11.8 Å². The van der Waals surface area contributed by atoms with Gasteiger partial charge in [0.2, 0.25) is 0 Å². The number of thioether (sulfide) groups is 1. The summed E-state index contributed by atoms with van der Waals surface area (Å²) in [6, 6.07) is 8.73. The number of para-hydroxylation sites is 1. The molecule has 1 aliphatic heterocycles. The van der Waals surface area contributed by atoms with Gasteiger partial charge in [0, 0.05) is 10.4 Å². The Balaban J connectivity index is 2.27. The molecule has 0 unspecified atom stereocenters. The lowest BCUT2D eigenvalue weighted by Gasteiger charge is -2.37. The largest absolute Gasteiger partial charge is 0.356 e. The van der Waals surface area contributed by atoms with Crippen molar-refractivity contribution in [3.8, 4) is 0 Å². The molecule has 0 aromatic heterocycles. The van der Waals surface area contributed by atoms with Crippen molar-refractivity contribution in [1.29, 1.82) is 0 Å². The van der Waals surface area contributed by atoms with E-state index in [1.165, 1.54) is 23.4 Å². The minimum atomic E-state index is 0.286. The van der Waals surface area contributed by atoms with Crippen molar-refractivity contribution in [2.75, 3.05) is 10.8 Å². The summed E-state index contributed by atoms with van der Waals surface area (Å²) in [5.74, 6) is 1.10. The molecular formula is C13H19NS. The van der Waals surface area contributed by atoms with Crippen LogP contribution in [0.4, 0.5) is 5.69 Å². The van der Waals surface area contributed by atoms with Gasteiger partial charge in [0.1, 0.15) is 0 Å². The lowest BCUT2D eigenvalue weighted by atomic mass is 9.96. The van der Waals surface area contributed by atoms with Gasteiger partial charge in [-0.05, 0) is 32.4 Å². The van der Waals surface area contributed by atoms with E-state index in [4.69, 9.17) is 0 Å².